The molecule has 2 heterocycles. The van der Waals surface area contributed by atoms with Crippen molar-refractivity contribution in [3.05, 3.63) is 99.9 Å². The predicted octanol–water partition coefficient (Wildman–Crippen LogP) is 5.46. The van der Waals surface area contributed by atoms with Crippen LogP contribution in [-0.4, -0.2) is 46.8 Å². The molecule has 1 aliphatic rings. The van der Waals surface area contributed by atoms with Crippen molar-refractivity contribution in [3.8, 4) is 0 Å². The van der Waals surface area contributed by atoms with Crippen molar-refractivity contribution in [2.75, 3.05) is 31.1 Å². The Morgan fingerprint density at radius 1 is 1.00 bits per heavy atom. The van der Waals surface area contributed by atoms with Gasteiger partial charge in [0.15, 0.2) is 0 Å². The minimum Gasteiger partial charge on any atom is -0.448 e. The van der Waals surface area contributed by atoms with Gasteiger partial charge in [0.05, 0.1) is 17.6 Å². The van der Waals surface area contributed by atoms with Gasteiger partial charge in [-0.3, -0.25) is 4.57 Å². The number of hydrogen-bond donors (Lipinski definition) is 1. The van der Waals surface area contributed by atoms with E-state index in [-0.39, 0.29) is 17.8 Å². The standard InChI is InChI=1S/C28H29ClN4O3/c29-22-11-12-26-25(19-22)30-27(34)33(26)24-13-15-31(16-14-24)28(35)36-18-17-32(23-9-5-2-6-10-23)20-21-7-3-1-4-8-21/h1-12,19,24H,13-18,20H2,(H,30,34). The Labute approximate surface area is 214 Å². The number of H-pyrrole nitrogens is 1. The number of imidazole rings is 1. The normalized spacial score (nSPS) is 14.2. The summed E-state index contributed by atoms with van der Waals surface area (Å²) in [6.45, 7) is 2.71. The highest BCUT2D eigenvalue weighted by Gasteiger charge is 2.27. The van der Waals surface area contributed by atoms with Crippen molar-refractivity contribution in [1.82, 2.24) is 14.5 Å². The first-order valence-electron chi connectivity index (χ1n) is 12.2. The molecule has 0 unspecified atom stereocenters. The first kappa shape index (κ1) is 24.0. The maximum atomic E-state index is 12.8. The molecule has 36 heavy (non-hydrogen) atoms. The summed E-state index contributed by atoms with van der Waals surface area (Å²) in [5.74, 6) is 0. The van der Waals surface area contributed by atoms with E-state index in [0.29, 0.717) is 44.1 Å². The van der Waals surface area contributed by atoms with Crippen LogP contribution in [0.25, 0.3) is 11.0 Å². The zero-order valence-corrected chi connectivity index (χ0v) is 20.7. The van der Waals surface area contributed by atoms with Crippen molar-refractivity contribution in [1.29, 1.82) is 0 Å². The molecule has 3 aromatic carbocycles. The van der Waals surface area contributed by atoms with Gasteiger partial charge < -0.3 is 19.5 Å². The van der Waals surface area contributed by atoms with Crippen LogP contribution < -0.4 is 10.6 Å². The third-order valence-electron chi connectivity index (χ3n) is 6.69. The van der Waals surface area contributed by atoms with E-state index >= 15 is 0 Å². The Hall–Kier alpha value is -3.71. The minimum absolute atomic E-state index is 0.0240. The van der Waals surface area contributed by atoms with Crippen molar-refractivity contribution >= 4 is 34.4 Å². The maximum absolute atomic E-state index is 12.8. The first-order chi connectivity index (χ1) is 17.6. The summed E-state index contributed by atoms with van der Waals surface area (Å²) in [6.07, 6.45) is 1.07. The lowest BCUT2D eigenvalue weighted by atomic mass is 10.0. The van der Waals surface area contributed by atoms with Crippen LogP contribution in [0.4, 0.5) is 10.5 Å². The fraction of sp³-hybridized carbons (Fsp3) is 0.286. The van der Waals surface area contributed by atoms with E-state index in [1.165, 1.54) is 5.56 Å². The third-order valence-corrected chi connectivity index (χ3v) is 6.93. The Morgan fingerprint density at radius 2 is 1.69 bits per heavy atom. The maximum Gasteiger partial charge on any atom is 0.409 e. The highest BCUT2D eigenvalue weighted by atomic mass is 35.5. The van der Waals surface area contributed by atoms with Gasteiger partial charge in [0.2, 0.25) is 0 Å². The van der Waals surface area contributed by atoms with Crippen LogP contribution in [0.15, 0.2) is 83.7 Å². The van der Waals surface area contributed by atoms with Crippen molar-refractivity contribution < 1.29 is 9.53 Å². The van der Waals surface area contributed by atoms with Crippen LogP contribution in [0, 0.1) is 0 Å². The second-order valence-corrected chi connectivity index (χ2v) is 9.47. The van der Waals surface area contributed by atoms with Crippen LogP contribution in [0.1, 0.15) is 24.4 Å². The molecule has 186 valence electrons. The molecule has 1 N–H and O–H groups in total. The molecule has 8 heteroatoms. The monoisotopic (exact) mass is 504 g/mol. The Morgan fingerprint density at radius 3 is 2.42 bits per heavy atom. The van der Waals surface area contributed by atoms with Crippen LogP contribution >= 0.6 is 11.6 Å². The van der Waals surface area contributed by atoms with E-state index < -0.39 is 0 Å². The number of benzene rings is 3. The topological polar surface area (TPSA) is 70.6 Å². The molecular weight excluding hydrogens is 476 g/mol. The molecule has 1 fully saturated rings. The lowest BCUT2D eigenvalue weighted by molar-refractivity contribution is 0.0904. The van der Waals surface area contributed by atoms with E-state index in [4.69, 9.17) is 16.3 Å². The largest absolute Gasteiger partial charge is 0.448 e. The summed E-state index contributed by atoms with van der Waals surface area (Å²) in [4.78, 5) is 32.2. The number of carbonyl (C=O) groups excluding carboxylic acids is 1. The number of carbonyl (C=O) groups is 1. The summed E-state index contributed by atoms with van der Waals surface area (Å²) >= 11 is 6.06. The van der Waals surface area contributed by atoms with Crippen molar-refractivity contribution in [2.45, 2.75) is 25.4 Å². The van der Waals surface area contributed by atoms with Gasteiger partial charge in [-0.1, -0.05) is 60.1 Å². The Balaban J connectivity index is 1.16. The van der Waals surface area contributed by atoms with Crippen LogP contribution in [0.5, 0.6) is 0 Å². The summed E-state index contributed by atoms with van der Waals surface area (Å²) in [5.41, 5.74) is 3.71. The van der Waals surface area contributed by atoms with E-state index in [1.807, 2.05) is 42.5 Å². The van der Waals surface area contributed by atoms with Gasteiger partial charge in [-0.05, 0) is 48.7 Å². The molecule has 0 saturated carbocycles. The lowest BCUT2D eigenvalue weighted by Gasteiger charge is -2.32. The second kappa shape index (κ2) is 10.9. The number of hydrogen-bond acceptors (Lipinski definition) is 4. The Bertz CT molecular complexity index is 1360. The number of aromatic nitrogens is 2. The van der Waals surface area contributed by atoms with Gasteiger partial charge in [0.1, 0.15) is 6.61 Å². The molecular formula is C28H29ClN4O3. The van der Waals surface area contributed by atoms with E-state index in [9.17, 15) is 9.59 Å². The summed E-state index contributed by atoms with van der Waals surface area (Å²) in [5, 5.41) is 0.586. The number of halogens is 1. The molecule has 5 rings (SSSR count). The van der Waals surface area contributed by atoms with E-state index in [2.05, 4.69) is 34.1 Å². The average molecular weight is 505 g/mol. The number of nitrogens with zero attached hydrogens (tertiary/aromatic N) is 3. The average Bonchev–Trinajstić information content (AvgIpc) is 3.23. The quantitative estimate of drug-likeness (QED) is 0.362. The molecule has 7 nitrogen and oxygen atoms in total. The molecule has 1 aliphatic heterocycles. The Kier molecular flexibility index (Phi) is 7.28. The number of aromatic amines is 1. The summed E-state index contributed by atoms with van der Waals surface area (Å²) in [7, 11) is 0. The lowest BCUT2D eigenvalue weighted by Crippen LogP contribution is -2.41. The molecule has 1 aromatic heterocycles. The van der Waals surface area contributed by atoms with Gasteiger partial charge in [0, 0.05) is 36.4 Å². The molecule has 0 atom stereocenters. The fourth-order valence-corrected chi connectivity index (χ4v) is 5.02. The number of fused-ring (bicyclic) bond motifs is 1. The zero-order chi connectivity index (χ0) is 24.9. The smallest absolute Gasteiger partial charge is 0.409 e. The SMILES string of the molecule is O=C(OCCN(Cc1ccccc1)c1ccccc1)N1CCC(n2c(=O)[nH]c3cc(Cl)ccc32)CC1. The number of amides is 1. The summed E-state index contributed by atoms with van der Waals surface area (Å²) < 4.78 is 7.45. The van der Waals surface area contributed by atoms with Crippen molar-refractivity contribution in [2.24, 2.45) is 0 Å². The molecule has 1 saturated heterocycles. The van der Waals surface area contributed by atoms with E-state index in [1.54, 1.807) is 21.6 Å². The van der Waals surface area contributed by atoms with Crippen molar-refractivity contribution in [3.63, 3.8) is 0 Å². The minimum atomic E-state index is -0.306. The summed E-state index contributed by atoms with van der Waals surface area (Å²) in [6, 6.07) is 25.8. The number of rotatable bonds is 7. The number of likely N-dealkylation sites (tertiary alicyclic amines) is 1. The zero-order valence-electron chi connectivity index (χ0n) is 20.0. The van der Waals surface area contributed by atoms with Gasteiger partial charge >= 0.3 is 11.8 Å². The molecule has 0 aliphatic carbocycles. The molecule has 0 radical (unpaired) electrons. The molecule has 1 amide bonds. The molecule has 0 spiro atoms. The fourth-order valence-electron chi connectivity index (χ4n) is 4.85. The second-order valence-electron chi connectivity index (χ2n) is 9.04. The molecule has 4 aromatic rings. The third kappa shape index (κ3) is 5.41. The van der Waals surface area contributed by atoms with Crippen LogP contribution in [0.2, 0.25) is 5.02 Å². The predicted molar refractivity (Wildman–Crippen MR) is 143 cm³/mol. The van der Waals surface area contributed by atoms with Crippen LogP contribution in [0.3, 0.4) is 0 Å². The first-order valence-corrected chi connectivity index (χ1v) is 12.6. The van der Waals surface area contributed by atoms with Crippen LogP contribution in [-0.2, 0) is 11.3 Å². The number of piperidine rings is 1. The number of para-hydroxylation sites is 1. The van der Waals surface area contributed by atoms with Gasteiger partial charge in [-0.2, -0.15) is 0 Å². The number of anilines is 1. The van der Waals surface area contributed by atoms with E-state index in [0.717, 1.165) is 23.3 Å². The highest BCUT2D eigenvalue weighted by Crippen LogP contribution is 2.26. The van der Waals surface area contributed by atoms with Gasteiger partial charge in [-0.25, -0.2) is 9.59 Å². The van der Waals surface area contributed by atoms with Gasteiger partial charge in [0.25, 0.3) is 0 Å². The molecule has 0 bridgehead atoms. The number of ether oxygens (including phenoxy) is 1. The highest BCUT2D eigenvalue weighted by molar-refractivity contribution is 6.31. The van der Waals surface area contributed by atoms with Gasteiger partial charge in [-0.15, -0.1) is 0 Å². The number of nitrogens with one attached hydrogen (secondary N) is 1.